The summed E-state index contributed by atoms with van der Waals surface area (Å²) in [5.74, 6) is -7.67. The van der Waals surface area contributed by atoms with Crippen LogP contribution < -0.4 is 31.7 Å². The molecule has 486 valence electrons. The van der Waals surface area contributed by atoms with Gasteiger partial charge in [0.15, 0.2) is 12.0 Å². The third kappa shape index (κ3) is 16.1. The first-order valence-corrected chi connectivity index (χ1v) is 30.6. The molecule has 0 aromatic heterocycles. The highest BCUT2D eigenvalue weighted by molar-refractivity contribution is 6.07. The third-order valence-corrected chi connectivity index (χ3v) is 17.7. The van der Waals surface area contributed by atoms with Crippen LogP contribution in [0.1, 0.15) is 95.8 Å². The molecule has 18 atom stereocenters. The van der Waals surface area contributed by atoms with E-state index in [1.807, 2.05) is 54.6 Å². The number of aliphatic hydroxyl groups excluding tert-OH is 8. The summed E-state index contributed by atoms with van der Waals surface area (Å²) in [6.45, 7) is 5.74. The van der Waals surface area contributed by atoms with E-state index in [-0.39, 0.29) is 62.1 Å². The smallest absolute Gasteiger partial charge is 0.248 e. The van der Waals surface area contributed by atoms with Gasteiger partial charge in [-0.25, -0.2) is 0 Å². The molecule has 1 saturated carbocycles. The Balaban J connectivity index is 1.11. The van der Waals surface area contributed by atoms with Crippen LogP contribution in [0.15, 0.2) is 96.6 Å². The lowest BCUT2D eigenvalue weighted by Crippen LogP contribution is -2.64. The quantitative estimate of drug-likeness (QED) is 0.0643. The predicted octanol–water partition coefficient (Wildman–Crippen LogP) is -0.356. The molecule has 5 amide bonds. The standard InChI is InChI=1S/C64H87N7O18/c1-5-6-7-25-88-45-22-18-40(19-23-45)38-10-8-37(9-11-38)39-12-14-41(15-13-39)54(78)46-30-64(46)31-48(76)60(89-28-27-87-26-24-65)69-59(83)52-53(77)34(2)32-71(52)62(85)49(35(3)72)66-58(82)51(56(80)55(79)42-16-20-43(74)21-17-42)67-57(81)47-29-44(75)33-70(47)61(84)50(36(4)73)68-63(64)86/h8-12,14-23,34-36,39,44,46-53,55-56,60-61,72-77,79-80,84H,5-7,13,24-33,65H2,1-4H3,(H,66,82)(H,67,81)(H,68,86)(H,69,83)/t34-,35+,36+,39?,44+,46+,47?,48+,49?,50?,51?,52?,53-,55-,56-,60?,61?,64?/m0/s1. The summed E-state index contributed by atoms with van der Waals surface area (Å²) >= 11 is 0. The molecule has 3 heterocycles. The van der Waals surface area contributed by atoms with Gasteiger partial charge in [0.05, 0.1) is 74.4 Å². The average molecular weight is 1240 g/mol. The number of phenolic OH excluding ortho intramolecular Hbond substituents is 1. The first-order chi connectivity index (χ1) is 42.5. The molecule has 3 aromatic carbocycles. The summed E-state index contributed by atoms with van der Waals surface area (Å²) in [7, 11) is 0. The maximum absolute atomic E-state index is 15.2. The number of fused-ring (bicyclic) bond motifs is 2. The summed E-state index contributed by atoms with van der Waals surface area (Å²) in [6, 6.07) is 11.5. The van der Waals surface area contributed by atoms with Gasteiger partial charge in [-0.15, -0.1) is 0 Å². The minimum absolute atomic E-state index is 0.0477. The van der Waals surface area contributed by atoms with Crippen molar-refractivity contribution in [1.29, 1.82) is 0 Å². The maximum atomic E-state index is 15.2. The molecule has 8 rings (SSSR count). The second kappa shape index (κ2) is 30.4. The monoisotopic (exact) mass is 1240 g/mol. The number of nitrogens with one attached hydrogen (secondary N) is 4. The average Bonchev–Trinajstić information content (AvgIpc) is 1.63. The number of benzene rings is 3. The Kier molecular flexibility index (Phi) is 23.3. The van der Waals surface area contributed by atoms with Gasteiger partial charge in [0.25, 0.3) is 0 Å². The zero-order valence-electron chi connectivity index (χ0n) is 50.5. The van der Waals surface area contributed by atoms with Crippen molar-refractivity contribution in [2.45, 2.75) is 164 Å². The lowest BCUT2D eigenvalue weighted by atomic mass is 9.85. The second-order valence-electron chi connectivity index (χ2n) is 24.2. The minimum Gasteiger partial charge on any atom is -0.508 e. The molecule has 3 aliphatic heterocycles. The lowest BCUT2D eigenvalue weighted by Gasteiger charge is -2.37. The third-order valence-electron chi connectivity index (χ3n) is 17.7. The van der Waals surface area contributed by atoms with Gasteiger partial charge >= 0.3 is 0 Å². The van der Waals surface area contributed by atoms with E-state index >= 15 is 4.79 Å². The summed E-state index contributed by atoms with van der Waals surface area (Å²) in [6.07, 6.45) is -8.58. The Morgan fingerprint density at radius 1 is 0.764 bits per heavy atom. The highest BCUT2D eigenvalue weighted by Gasteiger charge is 2.65. The first kappa shape index (κ1) is 68.2. The number of unbranched alkanes of at least 4 members (excludes halogenated alkanes) is 2. The molecular weight excluding hydrogens is 1150 g/mol. The molecule has 25 heteroatoms. The van der Waals surface area contributed by atoms with E-state index in [1.54, 1.807) is 12.2 Å². The first-order valence-electron chi connectivity index (χ1n) is 30.6. The van der Waals surface area contributed by atoms with Crippen LogP contribution >= 0.6 is 0 Å². The van der Waals surface area contributed by atoms with Crippen molar-refractivity contribution in [3.8, 4) is 22.6 Å². The molecule has 25 nitrogen and oxygen atoms in total. The van der Waals surface area contributed by atoms with Gasteiger partial charge < -0.3 is 92.1 Å². The van der Waals surface area contributed by atoms with Crippen molar-refractivity contribution in [2.75, 3.05) is 46.1 Å². The second-order valence-corrected chi connectivity index (χ2v) is 24.2. The van der Waals surface area contributed by atoms with Crippen LogP contribution in [0.25, 0.3) is 11.1 Å². The molecule has 5 aliphatic rings. The van der Waals surface area contributed by atoms with Crippen LogP contribution in [0, 0.1) is 17.3 Å². The molecule has 0 bridgehead atoms. The van der Waals surface area contributed by atoms with Crippen molar-refractivity contribution < 1.29 is 88.9 Å². The number of carbonyl (C=O) groups excluding carboxylic acids is 6. The fourth-order valence-corrected chi connectivity index (χ4v) is 12.4. The highest BCUT2D eigenvalue weighted by Crippen LogP contribution is 2.58. The summed E-state index contributed by atoms with van der Waals surface area (Å²) in [5.41, 5.74) is 6.98. The van der Waals surface area contributed by atoms with Crippen LogP contribution in [0.3, 0.4) is 0 Å². The number of ether oxygens (including phenoxy) is 3. The SMILES string of the molecule is CCCCCOc1ccc(-c2ccc(C3C=CC(C(=O)[C@H]4CC45C[C@@H](O)C(OCCOCCN)NC(=O)C4[C@@H](O)[C@@H](C)CN4C(=O)C([C@@H](C)O)NC(=O)C([C@H](O)[C@@H](O)c4ccc(O)cc4)NC(=O)C4C[C@@H](O)CN4C(O)C([C@@H](C)O)NC5=O)=CC3)cc2)cc1. The number of rotatable bonds is 20. The molecule has 3 aromatic rings. The predicted molar refractivity (Wildman–Crippen MR) is 321 cm³/mol. The van der Waals surface area contributed by atoms with Gasteiger partial charge in [0.1, 0.15) is 48.1 Å². The van der Waals surface area contributed by atoms with Crippen molar-refractivity contribution in [2.24, 2.45) is 23.0 Å². The zero-order chi connectivity index (χ0) is 64.4. The topological polar surface area (TPSA) is 393 Å². The number of nitrogens with two attached hydrogens (primary N) is 1. The Morgan fingerprint density at radius 2 is 1.44 bits per heavy atom. The number of phenols is 1. The summed E-state index contributed by atoms with van der Waals surface area (Å²) in [4.78, 5) is 90.6. The largest absolute Gasteiger partial charge is 0.508 e. The number of hydrogen-bond acceptors (Lipinski definition) is 20. The Bertz CT molecular complexity index is 2990. The molecule has 1 spiro atoms. The molecular formula is C64H87N7O18. The fourth-order valence-electron chi connectivity index (χ4n) is 12.4. The number of amides is 5. The van der Waals surface area contributed by atoms with Gasteiger partial charge in [0, 0.05) is 43.0 Å². The number of Topliss-reactive ketones (excluding diaryl/α,β-unsaturated/α-hetero) is 1. The van der Waals surface area contributed by atoms with Crippen molar-refractivity contribution >= 4 is 35.3 Å². The number of hydrogen-bond donors (Lipinski definition) is 14. The molecule has 3 saturated heterocycles. The van der Waals surface area contributed by atoms with Crippen molar-refractivity contribution in [1.82, 2.24) is 31.1 Å². The molecule has 9 unspecified atom stereocenters. The maximum Gasteiger partial charge on any atom is 0.248 e. The molecule has 2 aliphatic carbocycles. The molecule has 0 radical (unpaired) electrons. The molecule has 4 fully saturated rings. The Morgan fingerprint density at radius 3 is 2.07 bits per heavy atom. The summed E-state index contributed by atoms with van der Waals surface area (Å²) in [5, 5.41) is 113. The Hall–Kier alpha value is -6.72. The van der Waals surface area contributed by atoms with Gasteiger partial charge in [-0.05, 0) is 92.5 Å². The number of carbonyl (C=O) groups is 6. The van der Waals surface area contributed by atoms with E-state index in [1.165, 1.54) is 38.1 Å². The van der Waals surface area contributed by atoms with Gasteiger partial charge in [0.2, 0.25) is 29.5 Å². The number of allylic oxidation sites excluding steroid dienone is 4. The number of ketones is 1. The number of nitrogens with zero attached hydrogens (tertiary/aromatic N) is 2. The van der Waals surface area contributed by atoms with Gasteiger partial charge in [-0.3, -0.25) is 33.7 Å². The highest BCUT2D eigenvalue weighted by atomic mass is 16.5. The minimum atomic E-state index is -2.26. The number of aliphatic hydroxyl groups is 8. The van der Waals surface area contributed by atoms with Crippen LogP contribution in [0.4, 0.5) is 0 Å². The van der Waals surface area contributed by atoms with Crippen LogP contribution in [0.2, 0.25) is 0 Å². The van der Waals surface area contributed by atoms with Crippen molar-refractivity contribution in [3.63, 3.8) is 0 Å². The van der Waals surface area contributed by atoms with E-state index < -0.39 is 157 Å². The van der Waals surface area contributed by atoms with Crippen LogP contribution in [-0.4, -0.2) is 216 Å². The zero-order valence-corrected chi connectivity index (χ0v) is 50.5. The fraction of sp³-hybridized carbons (Fsp3) is 0.562. The van der Waals surface area contributed by atoms with Crippen LogP contribution in [0.5, 0.6) is 11.5 Å². The normalized spacial score (nSPS) is 31.2. The van der Waals surface area contributed by atoms with Gasteiger partial charge in [-0.1, -0.05) is 93.4 Å². The van der Waals surface area contributed by atoms with Crippen molar-refractivity contribution in [3.05, 3.63) is 108 Å². The van der Waals surface area contributed by atoms with E-state index in [2.05, 4.69) is 28.2 Å². The Labute approximate surface area is 516 Å². The molecule has 89 heavy (non-hydrogen) atoms. The van der Waals surface area contributed by atoms with Gasteiger partial charge in [-0.2, -0.15) is 0 Å². The van der Waals surface area contributed by atoms with Crippen LogP contribution in [-0.2, 0) is 38.2 Å². The lowest BCUT2D eigenvalue weighted by molar-refractivity contribution is -0.150. The summed E-state index contributed by atoms with van der Waals surface area (Å²) < 4.78 is 17.4. The number of aromatic hydroxyl groups is 1. The van der Waals surface area contributed by atoms with E-state index in [4.69, 9.17) is 19.9 Å². The van der Waals surface area contributed by atoms with E-state index in [0.29, 0.717) is 13.0 Å². The van der Waals surface area contributed by atoms with E-state index in [9.17, 15) is 69.9 Å². The van der Waals surface area contributed by atoms with E-state index in [0.717, 1.165) is 58.4 Å². The molecule has 15 N–H and O–H groups in total.